The molecule has 1 rings (SSSR count). The molecule has 9 nitrogen and oxygen atoms in total. The first kappa shape index (κ1) is 16.9. The number of hydrogen-bond donors (Lipinski definition) is 4. The molecule has 1 aromatic rings. The first-order chi connectivity index (χ1) is 9.80. The second kappa shape index (κ2) is 7.02. The molecule has 0 saturated carbocycles. The summed E-state index contributed by atoms with van der Waals surface area (Å²) in [6.45, 7) is 0. The minimum Gasteiger partial charge on any atom is -0.497 e. The average molecular weight is 318 g/mol. The van der Waals surface area contributed by atoms with Crippen molar-refractivity contribution in [2.24, 2.45) is 0 Å². The molecule has 1 aromatic carbocycles. The molecule has 116 valence electrons. The summed E-state index contributed by atoms with van der Waals surface area (Å²) in [5.41, 5.74) is 1.40. The summed E-state index contributed by atoms with van der Waals surface area (Å²) in [6, 6.07) is 3.65. The van der Waals surface area contributed by atoms with Crippen LogP contribution in [0.1, 0.15) is 6.42 Å². The van der Waals surface area contributed by atoms with Crippen molar-refractivity contribution >= 4 is 21.9 Å². The molecule has 0 bridgehead atoms. The summed E-state index contributed by atoms with van der Waals surface area (Å²) in [5.74, 6) is -2.12. The minimum atomic E-state index is -4.12. The van der Waals surface area contributed by atoms with Gasteiger partial charge in [-0.05, 0) is 24.3 Å². The SMILES string of the molecule is COc1ccc(S(=O)(=O)NC(=O)C[C@H](NO)C(=O)O)cc1. The Bertz CT molecular complexity index is 612. The predicted molar refractivity (Wildman–Crippen MR) is 69.3 cm³/mol. The predicted octanol–water partition coefficient (Wildman–Crippen LogP) is -0.678. The normalized spacial score (nSPS) is 12.5. The fourth-order valence-electron chi connectivity index (χ4n) is 1.38. The Morgan fingerprint density at radius 3 is 2.29 bits per heavy atom. The number of sulfonamides is 1. The van der Waals surface area contributed by atoms with Gasteiger partial charge in [-0.15, -0.1) is 0 Å². The molecule has 21 heavy (non-hydrogen) atoms. The van der Waals surface area contributed by atoms with Crippen LogP contribution in [0.15, 0.2) is 29.2 Å². The second-order valence-corrected chi connectivity index (χ2v) is 5.61. The highest BCUT2D eigenvalue weighted by Gasteiger charge is 2.24. The fourth-order valence-corrected chi connectivity index (χ4v) is 2.37. The zero-order chi connectivity index (χ0) is 16.0. The van der Waals surface area contributed by atoms with E-state index in [0.29, 0.717) is 5.75 Å². The summed E-state index contributed by atoms with van der Waals surface area (Å²) < 4.78 is 30.3. The van der Waals surface area contributed by atoms with Gasteiger partial charge in [0, 0.05) is 0 Å². The maximum absolute atomic E-state index is 11.9. The Hall–Kier alpha value is -2.17. The number of hydrogen-bond acceptors (Lipinski definition) is 7. The summed E-state index contributed by atoms with van der Waals surface area (Å²) in [4.78, 5) is 21.9. The Balaban J connectivity index is 2.79. The lowest BCUT2D eigenvalue weighted by molar-refractivity contribution is -0.144. The van der Waals surface area contributed by atoms with Crippen LogP contribution in [0.3, 0.4) is 0 Å². The van der Waals surface area contributed by atoms with Gasteiger partial charge in [0.25, 0.3) is 10.0 Å². The van der Waals surface area contributed by atoms with Gasteiger partial charge in [-0.1, -0.05) is 0 Å². The third-order valence-electron chi connectivity index (χ3n) is 2.46. The van der Waals surface area contributed by atoms with E-state index >= 15 is 0 Å². The molecular formula is C11H14N2O7S. The topological polar surface area (TPSA) is 142 Å². The van der Waals surface area contributed by atoms with Gasteiger partial charge in [0.1, 0.15) is 11.8 Å². The Morgan fingerprint density at radius 2 is 1.86 bits per heavy atom. The van der Waals surface area contributed by atoms with Crippen molar-refractivity contribution in [2.45, 2.75) is 17.4 Å². The van der Waals surface area contributed by atoms with Crippen LogP contribution in [0, 0.1) is 0 Å². The summed E-state index contributed by atoms with van der Waals surface area (Å²) in [5, 5.41) is 17.2. The van der Waals surface area contributed by atoms with Crippen LogP contribution in [-0.4, -0.2) is 43.8 Å². The molecule has 0 radical (unpaired) electrons. The molecule has 10 heteroatoms. The van der Waals surface area contributed by atoms with Crippen LogP contribution < -0.4 is 14.9 Å². The van der Waals surface area contributed by atoms with Crippen molar-refractivity contribution in [2.75, 3.05) is 7.11 Å². The molecule has 0 saturated heterocycles. The molecule has 1 amide bonds. The number of carbonyl (C=O) groups excluding carboxylic acids is 1. The minimum absolute atomic E-state index is 0.180. The second-order valence-electron chi connectivity index (χ2n) is 3.93. The van der Waals surface area contributed by atoms with Crippen LogP contribution in [0.4, 0.5) is 0 Å². The zero-order valence-corrected chi connectivity index (χ0v) is 11.8. The Kier molecular flexibility index (Phi) is 5.64. The molecule has 0 spiro atoms. The smallest absolute Gasteiger partial charge is 0.323 e. The largest absolute Gasteiger partial charge is 0.497 e. The molecule has 0 aliphatic carbocycles. The molecule has 0 aromatic heterocycles. The van der Waals surface area contributed by atoms with Gasteiger partial charge in [0.2, 0.25) is 5.91 Å². The van der Waals surface area contributed by atoms with E-state index in [0.717, 1.165) is 0 Å². The number of ether oxygens (including phenoxy) is 1. The third-order valence-corrected chi connectivity index (χ3v) is 3.85. The highest BCUT2D eigenvalue weighted by molar-refractivity contribution is 7.90. The third kappa shape index (κ3) is 4.70. The fraction of sp³-hybridized carbons (Fsp3) is 0.273. The van der Waals surface area contributed by atoms with Crippen LogP contribution in [0.2, 0.25) is 0 Å². The number of nitrogens with one attached hydrogen (secondary N) is 2. The van der Waals surface area contributed by atoms with Crippen LogP contribution in [-0.2, 0) is 19.6 Å². The van der Waals surface area contributed by atoms with Gasteiger partial charge >= 0.3 is 5.97 Å². The van der Waals surface area contributed by atoms with E-state index in [1.807, 2.05) is 0 Å². The molecule has 0 fully saturated rings. The van der Waals surface area contributed by atoms with Crippen molar-refractivity contribution in [1.29, 1.82) is 0 Å². The van der Waals surface area contributed by atoms with E-state index in [1.54, 1.807) is 4.72 Å². The first-order valence-electron chi connectivity index (χ1n) is 5.62. The maximum Gasteiger partial charge on any atom is 0.323 e. The highest BCUT2D eigenvalue weighted by Crippen LogP contribution is 2.15. The monoisotopic (exact) mass is 318 g/mol. The average Bonchev–Trinajstić information content (AvgIpc) is 2.44. The number of aliphatic carboxylic acids is 1. The lowest BCUT2D eigenvalue weighted by atomic mass is 10.2. The molecule has 0 aliphatic rings. The van der Waals surface area contributed by atoms with Crippen LogP contribution in [0.5, 0.6) is 5.75 Å². The number of benzene rings is 1. The standard InChI is InChI=1S/C11H14N2O7S/c1-20-7-2-4-8(5-3-7)21(18,19)13-10(14)6-9(12-17)11(15)16/h2-5,9,12,17H,6H2,1H3,(H,13,14)(H,15,16)/t9-/m0/s1. The van der Waals surface area contributed by atoms with Crippen molar-refractivity contribution in [1.82, 2.24) is 10.2 Å². The Morgan fingerprint density at radius 1 is 1.29 bits per heavy atom. The molecule has 0 unspecified atom stereocenters. The number of rotatable bonds is 7. The van der Waals surface area contributed by atoms with Crippen LogP contribution >= 0.6 is 0 Å². The van der Waals surface area contributed by atoms with E-state index in [-0.39, 0.29) is 4.90 Å². The summed E-state index contributed by atoms with van der Waals surface area (Å²) in [6.07, 6.45) is -0.749. The first-order valence-corrected chi connectivity index (χ1v) is 7.10. The van der Waals surface area contributed by atoms with Gasteiger partial charge in [0.05, 0.1) is 18.4 Å². The summed E-state index contributed by atoms with van der Waals surface area (Å²) >= 11 is 0. The van der Waals surface area contributed by atoms with Gasteiger partial charge in [0.15, 0.2) is 0 Å². The number of carboxylic acids is 1. The summed E-state index contributed by atoms with van der Waals surface area (Å²) in [7, 11) is -2.71. The van der Waals surface area contributed by atoms with E-state index < -0.39 is 34.4 Å². The van der Waals surface area contributed by atoms with Crippen molar-refractivity contribution in [3.05, 3.63) is 24.3 Å². The number of carbonyl (C=O) groups is 2. The molecule has 0 aliphatic heterocycles. The maximum atomic E-state index is 11.9. The number of methoxy groups -OCH3 is 1. The van der Waals surface area contributed by atoms with Gasteiger partial charge in [-0.25, -0.2) is 13.1 Å². The van der Waals surface area contributed by atoms with Gasteiger partial charge < -0.3 is 15.1 Å². The Labute approximate surface area is 120 Å². The number of carboxylic acid groups (broad SMARTS) is 1. The lowest BCUT2D eigenvalue weighted by Crippen LogP contribution is -2.41. The molecule has 0 heterocycles. The molecular weight excluding hydrogens is 304 g/mol. The van der Waals surface area contributed by atoms with E-state index in [1.165, 1.54) is 36.9 Å². The van der Waals surface area contributed by atoms with Crippen molar-refractivity contribution in [3.63, 3.8) is 0 Å². The zero-order valence-electron chi connectivity index (χ0n) is 10.9. The lowest BCUT2D eigenvalue weighted by Gasteiger charge is -2.11. The van der Waals surface area contributed by atoms with E-state index in [4.69, 9.17) is 15.1 Å². The van der Waals surface area contributed by atoms with E-state index in [9.17, 15) is 18.0 Å². The number of hydroxylamine groups is 1. The van der Waals surface area contributed by atoms with Crippen LogP contribution in [0.25, 0.3) is 0 Å². The molecule has 1 atom stereocenters. The quantitative estimate of drug-likeness (QED) is 0.484. The van der Waals surface area contributed by atoms with Crippen molar-refractivity contribution in [3.8, 4) is 5.75 Å². The van der Waals surface area contributed by atoms with Crippen molar-refractivity contribution < 1.29 is 33.1 Å². The molecule has 4 N–H and O–H groups in total. The van der Waals surface area contributed by atoms with Gasteiger partial charge in [-0.2, -0.15) is 5.48 Å². The van der Waals surface area contributed by atoms with E-state index in [2.05, 4.69) is 0 Å². The highest BCUT2D eigenvalue weighted by atomic mass is 32.2. The van der Waals surface area contributed by atoms with Gasteiger partial charge in [-0.3, -0.25) is 9.59 Å². The number of amides is 1.